The third-order valence-corrected chi connectivity index (χ3v) is 5.36. The number of aryl methyl sites for hydroxylation is 1. The van der Waals surface area contributed by atoms with Gasteiger partial charge in [0.15, 0.2) is 5.96 Å². The summed E-state index contributed by atoms with van der Waals surface area (Å²) >= 11 is 1.92. The van der Waals surface area contributed by atoms with E-state index < -0.39 is 5.60 Å². The summed E-state index contributed by atoms with van der Waals surface area (Å²) in [5, 5.41) is 17.4. The third-order valence-electron chi connectivity index (χ3n) is 4.37. The highest BCUT2D eigenvalue weighted by atomic mass is 32.2. The highest BCUT2D eigenvalue weighted by Crippen LogP contribution is 2.26. The topological polar surface area (TPSA) is 56.7 Å². The molecule has 0 amide bonds. The second-order valence-corrected chi connectivity index (χ2v) is 7.85. The van der Waals surface area contributed by atoms with E-state index in [2.05, 4.69) is 53.7 Å². The molecule has 1 aromatic carbocycles. The summed E-state index contributed by atoms with van der Waals surface area (Å²) in [4.78, 5) is 4.69. The fourth-order valence-electron chi connectivity index (χ4n) is 2.60. The first-order valence-corrected chi connectivity index (χ1v) is 10.1. The molecule has 1 fully saturated rings. The van der Waals surface area contributed by atoms with Crippen molar-refractivity contribution >= 4 is 17.7 Å². The van der Waals surface area contributed by atoms with Crippen molar-refractivity contribution in [3.63, 3.8) is 0 Å². The van der Waals surface area contributed by atoms with Crippen molar-refractivity contribution in [3.05, 3.63) is 35.4 Å². The highest BCUT2D eigenvalue weighted by molar-refractivity contribution is 7.99. The van der Waals surface area contributed by atoms with Crippen molar-refractivity contribution in [2.24, 2.45) is 4.99 Å². The smallest absolute Gasteiger partial charge is 0.191 e. The van der Waals surface area contributed by atoms with Gasteiger partial charge < -0.3 is 15.7 Å². The van der Waals surface area contributed by atoms with Gasteiger partial charge >= 0.3 is 0 Å². The summed E-state index contributed by atoms with van der Waals surface area (Å²) in [6.45, 7) is 6.40. The standard InChI is InChI=1S/C19H31N3OS/c1-3-4-11-20-18(21-14-17-7-5-16(2)6-8-17)22-15-19(23)9-12-24-13-10-19/h5-8,23H,3-4,9-15H2,1-2H3,(H2,20,21,22). The Bertz CT molecular complexity index is 510. The van der Waals surface area contributed by atoms with E-state index in [-0.39, 0.29) is 0 Å². The molecule has 1 aromatic rings. The number of aliphatic hydroxyl groups is 1. The van der Waals surface area contributed by atoms with Crippen molar-refractivity contribution in [2.75, 3.05) is 24.6 Å². The normalized spacial score (nSPS) is 17.5. The molecule has 4 nitrogen and oxygen atoms in total. The molecule has 1 aliphatic heterocycles. The van der Waals surface area contributed by atoms with E-state index in [1.807, 2.05) is 11.8 Å². The van der Waals surface area contributed by atoms with E-state index in [1.165, 1.54) is 11.1 Å². The lowest BCUT2D eigenvalue weighted by molar-refractivity contribution is 0.0364. The van der Waals surface area contributed by atoms with Crippen molar-refractivity contribution in [1.82, 2.24) is 10.6 Å². The first-order valence-electron chi connectivity index (χ1n) is 8.99. The summed E-state index contributed by atoms with van der Waals surface area (Å²) in [6.07, 6.45) is 3.97. The second kappa shape index (κ2) is 9.94. The lowest BCUT2D eigenvalue weighted by Gasteiger charge is -2.32. The number of hydrogen-bond acceptors (Lipinski definition) is 3. The molecule has 5 heteroatoms. The maximum atomic E-state index is 10.6. The molecule has 0 atom stereocenters. The summed E-state index contributed by atoms with van der Waals surface area (Å²) in [5.41, 5.74) is 1.87. The zero-order valence-electron chi connectivity index (χ0n) is 15.0. The molecule has 1 saturated heterocycles. The van der Waals surface area contributed by atoms with E-state index >= 15 is 0 Å². The lowest BCUT2D eigenvalue weighted by Crippen LogP contribution is -2.49. The number of guanidine groups is 1. The van der Waals surface area contributed by atoms with Crippen LogP contribution in [0.3, 0.4) is 0 Å². The van der Waals surface area contributed by atoms with Crippen molar-refractivity contribution in [1.29, 1.82) is 0 Å². The van der Waals surface area contributed by atoms with Crippen LogP contribution in [0.2, 0.25) is 0 Å². The van der Waals surface area contributed by atoms with E-state index in [0.717, 1.165) is 49.7 Å². The number of aliphatic imine (C=N–C) groups is 1. The maximum Gasteiger partial charge on any atom is 0.191 e. The van der Waals surface area contributed by atoms with Gasteiger partial charge in [-0.2, -0.15) is 11.8 Å². The van der Waals surface area contributed by atoms with Gasteiger partial charge in [0, 0.05) is 13.1 Å². The fraction of sp³-hybridized carbons (Fsp3) is 0.632. The van der Waals surface area contributed by atoms with Crippen LogP contribution < -0.4 is 10.6 Å². The van der Waals surface area contributed by atoms with E-state index in [4.69, 9.17) is 0 Å². The van der Waals surface area contributed by atoms with Crippen LogP contribution in [0, 0.1) is 6.92 Å². The van der Waals surface area contributed by atoms with Crippen LogP contribution in [0.1, 0.15) is 43.7 Å². The second-order valence-electron chi connectivity index (χ2n) is 6.62. The van der Waals surface area contributed by atoms with Gasteiger partial charge in [-0.3, -0.25) is 0 Å². The zero-order chi connectivity index (χ0) is 17.3. The summed E-state index contributed by atoms with van der Waals surface area (Å²) < 4.78 is 0. The SMILES string of the molecule is CCCCNC(=NCc1ccc(C)cc1)NCC1(O)CCSCC1. The van der Waals surface area contributed by atoms with Gasteiger partial charge in [0.25, 0.3) is 0 Å². The first-order chi connectivity index (χ1) is 11.6. The number of benzene rings is 1. The molecule has 3 N–H and O–H groups in total. The zero-order valence-corrected chi connectivity index (χ0v) is 15.8. The fourth-order valence-corrected chi connectivity index (χ4v) is 3.85. The Morgan fingerprint density at radius 3 is 2.58 bits per heavy atom. The number of unbranched alkanes of at least 4 members (excludes halogenated alkanes) is 1. The molecular weight excluding hydrogens is 318 g/mol. The number of nitrogens with one attached hydrogen (secondary N) is 2. The minimum absolute atomic E-state index is 0.569. The van der Waals surface area contributed by atoms with Gasteiger partial charge in [-0.1, -0.05) is 43.2 Å². The van der Waals surface area contributed by atoms with Crippen molar-refractivity contribution in [2.45, 2.75) is 51.7 Å². The molecule has 0 aliphatic carbocycles. The largest absolute Gasteiger partial charge is 0.388 e. The summed E-state index contributed by atoms with van der Waals surface area (Å²) in [5.74, 6) is 2.88. The molecule has 0 spiro atoms. The van der Waals surface area contributed by atoms with E-state index in [9.17, 15) is 5.11 Å². The monoisotopic (exact) mass is 349 g/mol. The molecule has 2 rings (SSSR count). The Labute approximate surface area is 150 Å². The Morgan fingerprint density at radius 1 is 1.21 bits per heavy atom. The lowest BCUT2D eigenvalue weighted by atomic mass is 9.97. The Hall–Kier alpha value is -1.20. The molecule has 0 unspecified atom stereocenters. The molecule has 1 heterocycles. The Balaban J connectivity index is 1.92. The minimum atomic E-state index is -0.595. The number of rotatable bonds is 7. The van der Waals surface area contributed by atoms with Crippen LogP contribution in [0.15, 0.2) is 29.3 Å². The maximum absolute atomic E-state index is 10.6. The molecule has 24 heavy (non-hydrogen) atoms. The predicted molar refractivity (Wildman–Crippen MR) is 105 cm³/mol. The van der Waals surface area contributed by atoms with Gasteiger partial charge in [-0.15, -0.1) is 0 Å². The van der Waals surface area contributed by atoms with Crippen LogP contribution in [-0.2, 0) is 6.54 Å². The number of hydrogen-bond donors (Lipinski definition) is 3. The first kappa shape index (κ1) is 19.1. The van der Waals surface area contributed by atoms with Crippen LogP contribution in [0.4, 0.5) is 0 Å². The van der Waals surface area contributed by atoms with Gasteiger partial charge in [0.1, 0.15) is 0 Å². The van der Waals surface area contributed by atoms with Crippen LogP contribution in [-0.4, -0.2) is 41.3 Å². The molecular formula is C19H31N3OS. The average molecular weight is 350 g/mol. The number of nitrogens with zero attached hydrogens (tertiary/aromatic N) is 1. The quantitative estimate of drug-likeness (QED) is 0.402. The minimum Gasteiger partial charge on any atom is -0.388 e. The van der Waals surface area contributed by atoms with Crippen LogP contribution in [0.25, 0.3) is 0 Å². The van der Waals surface area contributed by atoms with Gasteiger partial charge in [-0.25, -0.2) is 4.99 Å². The molecule has 0 saturated carbocycles. The Kier molecular flexibility index (Phi) is 7.92. The molecule has 1 aliphatic rings. The van der Waals surface area contributed by atoms with Crippen molar-refractivity contribution < 1.29 is 5.11 Å². The van der Waals surface area contributed by atoms with Crippen LogP contribution in [0.5, 0.6) is 0 Å². The molecule has 0 aromatic heterocycles. The highest BCUT2D eigenvalue weighted by Gasteiger charge is 2.29. The molecule has 0 bridgehead atoms. The number of thioether (sulfide) groups is 1. The third kappa shape index (κ3) is 6.73. The molecule has 0 radical (unpaired) electrons. The van der Waals surface area contributed by atoms with Gasteiger partial charge in [-0.05, 0) is 43.3 Å². The average Bonchev–Trinajstić information content (AvgIpc) is 2.59. The summed E-state index contributed by atoms with van der Waals surface area (Å²) in [6, 6.07) is 8.47. The predicted octanol–water partition coefficient (Wildman–Crippen LogP) is 3.09. The van der Waals surface area contributed by atoms with Gasteiger partial charge in [0.2, 0.25) is 0 Å². The summed E-state index contributed by atoms with van der Waals surface area (Å²) in [7, 11) is 0. The van der Waals surface area contributed by atoms with E-state index in [0.29, 0.717) is 13.1 Å². The van der Waals surface area contributed by atoms with E-state index in [1.54, 1.807) is 0 Å². The van der Waals surface area contributed by atoms with Gasteiger partial charge in [0.05, 0.1) is 12.1 Å². The van der Waals surface area contributed by atoms with Crippen LogP contribution >= 0.6 is 11.8 Å². The Morgan fingerprint density at radius 2 is 1.92 bits per heavy atom. The molecule has 134 valence electrons. The van der Waals surface area contributed by atoms with Crippen molar-refractivity contribution in [3.8, 4) is 0 Å².